The Balaban J connectivity index is 2.28. The number of rotatable bonds is 3. The van der Waals surface area contributed by atoms with E-state index < -0.39 is 0 Å². The van der Waals surface area contributed by atoms with Crippen LogP contribution in [0.5, 0.6) is 11.6 Å². The Labute approximate surface area is 115 Å². The Morgan fingerprint density at radius 2 is 2.11 bits per heavy atom. The largest absolute Gasteiger partial charge is 0.436 e. The fourth-order valence-electron chi connectivity index (χ4n) is 1.61. The fourth-order valence-corrected chi connectivity index (χ4v) is 2.16. The summed E-state index contributed by atoms with van der Waals surface area (Å²) in [7, 11) is 0. The lowest BCUT2D eigenvalue weighted by atomic mass is 10.1. The van der Waals surface area contributed by atoms with Gasteiger partial charge in [-0.05, 0) is 58.6 Å². The molecule has 1 aromatic carbocycles. The number of benzene rings is 1. The lowest BCUT2D eigenvalue weighted by molar-refractivity contribution is 0.461. The van der Waals surface area contributed by atoms with Crippen LogP contribution in [0.4, 0.5) is 5.69 Å². The lowest BCUT2D eigenvalue weighted by Crippen LogP contribution is -1.96. The fraction of sp³-hybridized carbons (Fsp3) is 0.214. The number of ether oxygens (including phenoxy) is 1. The highest BCUT2D eigenvalue weighted by molar-refractivity contribution is 9.10. The van der Waals surface area contributed by atoms with E-state index >= 15 is 0 Å². The van der Waals surface area contributed by atoms with Crippen molar-refractivity contribution < 1.29 is 4.74 Å². The number of nitrogen functional groups attached to an aromatic ring is 1. The predicted octanol–water partition coefficient (Wildman–Crippen LogP) is 4.09. The summed E-state index contributed by atoms with van der Waals surface area (Å²) in [4.78, 5) is 4.23. The summed E-state index contributed by atoms with van der Waals surface area (Å²) in [5, 5.41) is 0. The van der Waals surface area contributed by atoms with E-state index in [1.165, 1.54) is 5.56 Å². The smallest absolute Gasteiger partial charge is 0.233 e. The van der Waals surface area contributed by atoms with Gasteiger partial charge in [-0.2, -0.15) is 0 Å². The number of aromatic nitrogens is 1. The van der Waals surface area contributed by atoms with Crippen LogP contribution in [0.2, 0.25) is 0 Å². The van der Waals surface area contributed by atoms with Crippen LogP contribution in [0.25, 0.3) is 0 Å². The number of pyridine rings is 1. The normalized spacial score (nSPS) is 10.4. The monoisotopic (exact) mass is 306 g/mol. The van der Waals surface area contributed by atoms with Crippen LogP contribution in [-0.2, 0) is 6.42 Å². The molecule has 0 saturated carbocycles. The van der Waals surface area contributed by atoms with Crippen LogP contribution in [0.15, 0.2) is 34.9 Å². The molecule has 1 aromatic heterocycles. The zero-order chi connectivity index (χ0) is 13.1. The van der Waals surface area contributed by atoms with Crippen LogP contribution in [-0.4, -0.2) is 4.98 Å². The van der Waals surface area contributed by atoms with Crippen molar-refractivity contribution in [3.63, 3.8) is 0 Å². The number of anilines is 1. The highest BCUT2D eigenvalue weighted by Crippen LogP contribution is 2.31. The van der Waals surface area contributed by atoms with Crippen molar-refractivity contribution in [3.8, 4) is 11.6 Å². The predicted molar refractivity (Wildman–Crippen MR) is 77.0 cm³/mol. The second kappa shape index (κ2) is 5.40. The van der Waals surface area contributed by atoms with E-state index in [0.717, 1.165) is 16.5 Å². The quantitative estimate of drug-likeness (QED) is 0.869. The number of hydrogen-bond donors (Lipinski definition) is 1. The van der Waals surface area contributed by atoms with Gasteiger partial charge in [0.2, 0.25) is 5.88 Å². The highest BCUT2D eigenvalue weighted by Gasteiger charge is 2.07. The molecule has 0 radical (unpaired) electrons. The summed E-state index contributed by atoms with van der Waals surface area (Å²) in [5.74, 6) is 1.15. The van der Waals surface area contributed by atoms with Crippen molar-refractivity contribution in [3.05, 3.63) is 46.1 Å². The molecule has 0 amide bonds. The summed E-state index contributed by atoms with van der Waals surface area (Å²) in [5.41, 5.74) is 8.85. The van der Waals surface area contributed by atoms with Crippen LogP contribution < -0.4 is 10.5 Å². The first-order chi connectivity index (χ1) is 8.60. The molecule has 2 rings (SSSR count). The van der Waals surface area contributed by atoms with E-state index in [9.17, 15) is 0 Å². The minimum atomic E-state index is 0.525. The van der Waals surface area contributed by atoms with Crippen LogP contribution in [0.3, 0.4) is 0 Å². The van der Waals surface area contributed by atoms with Gasteiger partial charge in [0.25, 0.3) is 0 Å². The molecule has 0 unspecified atom stereocenters. The van der Waals surface area contributed by atoms with E-state index in [2.05, 4.69) is 27.8 Å². The van der Waals surface area contributed by atoms with E-state index in [4.69, 9.17) is 10.5 Å². The summed E-state index contributed by atoms with van der Waals surface area (Å²) in [6.45, 7) is 4.07. The Morgan fingerprint density at radius 3 is 2.72 bits per heavy atom. The standard InChI is InChI=1S/C14H15BrN2O/c1-3-10-4-5-13(12(16)7-10)18-14-11(15)6-9(2)8-17-14/h4-8H,3,16H2,1-2H3. The summed E-state index contributed by atoms with van der Waals surface area (Å²) >= 11 is 3.43. The molecule has 0 aliphatic heterocycles. The SMILES string of the molecule is CCc1ccc(Oc2ncc(C)cc2Br)c(N)c1. The van der Waals surface area contributed by atoms with E-state index in [-0.39, 0.29) is 0 Å². The van der Waals surface area contributed by atoms with Crippen LogP contribution in [0.1, 0.15) is 18.1 Å². The minimum absolute atomic E-state index is 0.525. The molecule has 0 saturated heterocycles. The van der Waals surface area contributed by atoms with E-state index in [0.29, 0.717) is 17.3 Å². The minimum Gasteiger partial charge on any atom is -0.436 e. The average molecular weight is 307 g/mol. The summed E-state index contributed by atoms with van der Waals surface area (Å²) < 4.78 is 6.53. The van der Waals surface area contributed by atoms with E-state index in [1.807, 2.05) is 31.2 Å². The first-order valence-electron chi connectivity index (χ1n) is 5.78. The van der Waals surface area contributed by atoms with Gasteiger partial charge in [0.1, 0.15) is 0 Å². The van der Waals surface area contributed by atoms with Gasteiger partial charge in [-0.15, -0.1) is 0 Å². The number of nitrogens with zero attached hydrogens (tertiary/aromatic N) is 1. The highest BCUT2D eigenvalue weighted by atomic mass is 79.9. The molecule has 1 heterocycles. The molecular formula is C14H15BrN2O. The summed E-state index contributed by atoms with van der Waals surface area (Å²) in [6.07, 6.45) is 2.72. The first-order valence-corrected chi connectivity index (χ1v) is 6.58. The molecule has 0 aliphatic carbocycles. The molecule has 0 aliphatic rings. The van der Waals surface area contributed by atoms with Gasteiger partial charge in [0, 0.05) is 6.20 Å². The number of nitrogens with two attached hydrogens (primary N) is 1. The van der Waals surface area contributed by atoms with Gasteiger partial charge >= 0.3 is 0 Å². The number of halogens is 1. The molecular weight excluding hydrogens is 292 g/mol. The molecule has 94 valence electrons. The van der Waals surface area contributed by atoms with Crippen molar-refractivity contribution in [1.29, 1.82) is 0 Å². The maximum atomic E-state index is 5.96. The number of aryl methyl sites for hydroxylation is 2. The third-order valence-corrected chi connectivity index (χ3v) is 3.20. The maximum Gasteiger partial charge on any atom is 0.233 e. The molecule has 0 spiro atoms. The maximum absolute atomic E-state index is 5.96. The Morgan fingerprint density at radius 1 is 1.33 bits per heavy atom. The molecule has 0 atom stereocenters. The van der Waals surface area contributed by atoms with Crippen molar-refractivity contribution in [2.75, 3.05) is 5.73 Å². The van der Waals surface area contributed by atoms with Crippen LogP contribution in [0, 0.1) is 6.92 Å². The Kier molecular flexibility index (Phi) is 3.87. The average Bonchev–Trinajstić information content (AvgIpc) is 2.34. The molecule has 0 fully saturated rings. The second-order valence-corrected chi connectivity index (χ2v) is 4.98. The zero-order valence-electron chi connectivity index (χ0n) is 10.4. The summed E-state index contributed by atoms with van der Waals surface area (Å²) in [6, 6.07) is 7.77. The number of hydrogen-bond acceptors (Lipinski definition) is 3. The lowest BCUT2D eigenvalue weighted by Gasteiger charge is -2.10. The van der Waals surface area contributed by atoms with Gasteiger partial charge in [0.15, 0.2) is 5.75 Å². The topological polar surface area (TPSA) is 48.1 Å². The second-order valence-electron chi connectivity index (χ2n) is 4.13. The Hall–Kier alpha value is -1.55. The molecule has 3 nitrogen and oxygen atoms in total. The molecule has 2 N–H and O–H groups in total. The third kappa shape index (κ3) is 2.82. The molecule has 4 heteroatoms. The van der Waals surface area contributed by atoms with Crippen molar-refractivity contribution in [2.45, 2.75) is 20.3 Å². The van der Waals surface area contributed by atoms with Gasteiger partial charge in [-0.25, -0.2) is 4.98 Å². The van der Waals surface area contributed by atoms with Gasteiger partial charge in [-0.3, -0.25) is 0 Å². The Bertz CT molecular complexity index is 570. The van der Waals surface area contributed by atoms with Gasteiger partial charge < -0.3 is 10.5 Å². The zero-order valence-corrected chi connectivity index (χ0v) is 12.0. The first kappa shape index (κ1) is 12.9. The molecule has 0 bridgehead atoms. The molecule has 18 heavy (non-hydrogen) atoms. The van der Waals surface area contributed by atoms with Gasteiger partial charge in [0.05, 0.1) is 10.2 Å². The van der Waals surface area contributed by atoms with Crippen LogP contribution >= 0.6 is 15.9 Å². The van der Waals surface area contributed by atoms with Gasteiger partial charge in [-0.1, -0.05) is 13.0 Å². The van der Waals surface area contributed by atoms with Crippen molar-refractivity contribution in [1.82, 2.24) is 4.98 Å². The van der Waals surface area contributed by atoms with E-state index in [1.54, 1.807) is 6.20 Å². The van der Waals surface area contributed by atoms with Crippen molar-refractivity contribution in [2.24, 2.45) is 0 Å². The molecule has 2 aromatic rings. The third-order valence-electron chi connectivity index (χ3n) is 2.63. The van der Waals surface area contributed by atoms with Crippen molar-refractivity contribution >= 4 is 21.6 Å².